The van der Waals surface area contributed by atoms with Crippen molar-refractivity contribution in [2.75, 3.05) is 5.33 Å². The van der Waals surface area contributed by atoms with Gasteiger partial charge in [-0.3, -0.25) is 0 Å². The van der Waals surface area contributed by atoms with Gasteiger partial charge in [0.25, 0.3) is 0 Å². The second-order valence-corrected chi connectivity index (χ2v) is 7.87. The smallest absolute Gasteiger partial charge is 0.106 e. The standard InChI is InChI=1S/C8H12Br3Cl/c1-4-6(12)8(10,11)7(2,3)5-9/h4,6H,1,5H2,2-3H3. The van der Waals surface area contributed by atoms with Gasteiger partial charge < -0.3 is 0 Å². The molecule has 0 spiro atoms. The lowest BCUT2D eigenvalue weighted by atomic mass is 9.90. The molecule has 0 aliphatic heterocycles. The monoisotopic (exact) mass is 380 g/mol. The molecule has 0 aliphatic carbocycles. The molecule has 0 N–H and O–H groups in total. The van der Waals surface area contributed by atoms with Gasteiger partial charge in [0.05, 0.1) is 5.38 Å². The summed E-state index contributed by atoms with van der Waals surface area (Å²) in [6.45, 7) is 7.90. The van der Waals surface area contributed by atoms with Crippen molar-refractivity contribution in [1.82, 2.24) is 0 Å². The topological polar surface area (TPSA) is 0 Å². The largest absolute Gasteiger partial charge is 0.116 e. The highest BCUT2D eigenvalue weighted by Crippen LogP contribution is 2.49. The fourth-order valence-corrected chi connectivity index (χ4v) is 2.75. The molecular formula is C8H12Br3Cl. The van der Waals surface area contributed by atoms with Crippen LogP contribution < -0.4 is 0 Å². The molecule has 0 aromatic rings. The predicted octanol–water partition coefficient (Wildman–Crippen LogP) is 4.69. The van der Waals surface area contributed by atoms with Crippen LogP contribution in [0.3, 0.4) is 0 Å². The quantitative estimate of drug-likeness (QED) is 0.488. The summed E-state index contributed by atoms with van der Waals surface area (Å²) in [5.74, 6) is 0. The molecular weight excluding hydrogens is 371 g/mol. The third kappa shape index (κ3) is 2.73. The lowest BCUT2D eigenvalue weighted by Gasteiger charge is -2.38. The van der Waals surface area contributed by atoms with E-state index in [0.717, 1.165) is 5.33 Å². The molecule has 0 radical (unpaired) electrons. The number of hydrogen-bond acceptors (Lipinski definition) is 0. The van der Waals surface area contributed by atoms with Crippen LogP contribution in [-0.4, -0.2) is 13.9 Å². The molecule has 0 bridgehead atoms. The molecule has 0 amide bonds. The van der Waals surface area contributed by atoms with Crippen LogP contribution >= 0.6 is 59.4 Å². The summed E-state index contributed by atoms with van der Waals surface area (Å²) in [6, 6.07) is 0. The van der Waals surface area contributed by atoms with Crippen LogP contribution in [-0.2, 0) is 0 Å². The predicted molar refractivity (Wildman–Crippen MR) is 68.0 cm³/mol. The van der Waals surface area contributed by atoms with E-state index < -0.39 is 0 Å². The first-order valence-electron chi connectivity index (χ1n) is 3.50. The van der Waals surface area contributed by atoms with E-state index in [1.807, 2.05) is 0 Å². The first kappa shape index (κ1) is 13.5. The van der Waals surface area contributed by atoms with E-state index in [9.17, 15) is 0 Å². The fourth-order valence-electron chi connectivity index (χ4n) is 0.610. The molecule has 1 unspecified atom stereocenters. The van der Waals surface area contributed by atoms with Crippen LogP contribution in [0, 0.1) is 5.41 Å². The van der Waals surface area contributed by atoms with Crippen LogP contribution in [0.25, 0.3) is 0 Å². The summed E-state index contributed by atoms with van der Waals surface area (Å²) in [4.78, 5) is 0. The van der Waals surface area contributed by atoms with E-state index in [1.54, 1.807) is 6.08 Å². The van der Waals surface area contributed by atoms with Gasteiger partial charge in [-0.05, 0) is 0 Å². The zero-order chi connectivity index (χ0) is 9.99. The van der Waals surface area contributed by atoms with Crippen LogP contribution in [0.4, 0.5) is 0 Å². The fraction of sp³-hybridized carbons (Fsp3) is 0.750. The Morgan fingerprint density at radius 3 is 2.17 bits per heavy atom. The van der Waals surface area contributed by atoms with Crippen LogP contribution in [0.1, 0.15) is 13.8 Å². The van der Waals surface area contributed by atoms with E-state index in [4.69, 9.17) is 11.6 Å². The Balaban J connectivity index is 4.69. The lowest BCUT2D eigenvalue weighted by molar-refractivity contribution is 0.396. The van der Waals surface area contributed by atoms with Crippen LogP contribution in [0.15, 0.2) is 12.7 Å². The molecule has 72 valence electrons. The molecule has 0 aromatic heterocycles. The van der Waals surface area contributed by atoms with Crippen molar-refractivity contribution in [3.8, 4) is 0 Å². The summed E-state index contributed by atoms with van der Waals surface area (Å²) >= 11 is 16.7. The average Bonchev–Trinajstić information content (AvgIpc) is 2.02. The Labute approximate surface area is 105 Å². The Morgan fingerprint density at radius 2 is 1.92 bits per heavy atom. The first-order valence-corrected chi connectivity index (χ1v) is 6.64. The highest BCUT2D eigenvalue weighted by Gasteiger charge is 2.44. The zero-order valence-corrected chi connectivity index (χ0v) is 12.6. The third-order valence-corrected chi connectivity index (χ3v) is 7.36. The van der Waals surface area contributed by atoms with Crippen molar-refractivity contribution >= 4 is 59.4 Å². The van der Waals surface area contributed by atoms with E-state index in [2.05, 4.69) is 68.2 Å². The average molecular weight is 383 g/mol. The zero-order valence-electron chi connectivity index (χ0n) is 7.08. The SMILES string of the molecule is C=CC(Cl)C(Br)(Br)C(C)(C)CBr. The van der Waals surface area contributed by atoms with Gasteiger partial charge in [-0.25, -0.2) is 0 Å². The van der Waals surface area contributed by atoms with Crippen molar-refractivity contribution in [2.45, 2.75) is 22.5 Å². The van der Waals surface area contributed by atoms with Gasteiger partial charge in [0.2, 0.25) is 0 Å². The highest BCUT2D eigenvalue weighted by molar-refractivity contribution is 9.25. The Kier molecular flexibility index (Phi) is 5.40. The van der Waals surface area contributed by atoms with Gasteiger partial charge in [-0.15, -0.1) is 18.2 Å². The maximum absolute atomic E-state index is 6.09. The maximum atomic E-state index is 6.09. The summed E-state index contributed by atoms with van der Waals surface area (Å²) in [5.41, 5.74) is 0.00755. The molecule has 0 fully saturated rings. The number of alkyl halides is 4. The molecule has 0 aromatic carbocycles. The van der Waals surface area contributed by atoms with Gasteiger partial charge >= 0.3 is 0 Å². The van der Waals surface area contributed by atoms with Crippen molar-refractivity contribution < 1.29 is 0 Å². The number of halogens is 4. The molecule has 0 rings (SSSR count). The van der Waals surface area contributed by atoms with Crippen molar-refractivity contribution in [3.63, 3.8) is 0 Å². The van der Waals surface area contributed by atoms with Crippen LogP contribution in [0.5, 0.6) is 0 Å². The highest BCUT2D eigenvalue weighted by atomic mass is 79.9. The molecule has 4 heteroatoms. The van der Waals surface area contributed by atoms with Gasteiger partial charge in [0, 0.05) is 10.7 Å². The normalized spacial score (nSPS) is 15.8. The van der Waals surface area contributed by atoms with Crippen LogP contribution in [0.2, 0.25) is 0 Å². The Bertz CT molecular complexity index is 166. The van der Waals surface area contributed by atoms with E-state index in [-0.39, 0.29) is 14.0 Å². The van der Waals surface area contributed by atoms with Gasteiger partial charge in [-0.1, -0.05) is 67.7 Å². The van der Waals surface area contributed by atoms with Crippen molar-refractivity contribution in [3.05, 3.63) is 12.7 Å². The minimum absolute atomic E-state index is 0.00755. The Morgan fingerprint density at radius 1 is 1.50 bits per heavy atom. The molecule has 0 heterocycles. The van der Waals surface area contributed by atoms with Gasteiger partial charge in [-0.2, -0.15) is 0 Å². The molecule has 0 aliphatic rings. The summed E-state index contributed by atoms with van der Waals surface area (Å²) in [5, 5.41) is 0.707. The molecule has 0 saturated heterocycles. The second kappa shape index (κ2) is 4.81. The summed E-state index contributed by atoms with van der Waals surface area (Å²) in [7, 11) is 0. The van der Waals surface area contributed by atoms with Crippen molar-refractivity contribution in [2.24, 2.45) is 5.41 Å². The Hall–Kier alpha value is 1.47. The minimum atomic E-state index is -0.320. The molecule has 1 atom stereocenters. The van der Waals surface area contributed by atoms with Crippen molar-refractivity contribution in [1.29, 1.82) is 0 Å². The third-order valence-electron chi connectivity index (χ3n) is 1.79. The number of allylic oxidation sites excluding steroid dienone is 1. The molecule has 0 saturated carbocycles. The van der Waals surface area contributed by atoms with E-state index in [1.165, 1.54) is 0 Å². The maximum Gasteiger partial charge on any atom is 0.106 e. The van der Waals surface area contributed by atoms with E-state index in [0.29, 0.717) is 0 Å². The minimum Gasteiger partial charge on any atom is -0.116 e. The number of rotatable bonds is 4. The molecule has 12 heavy (non-hydrogen) atoms. The van der Waals surface area contributed by atoms with E-state index >= 15 is 0 Å². The summed E-state index contributed by atoms with van der Waals surface area (Å²) in [6.07, 6.45) is 1.72. The first-order chi connectivity index (χ1) is 5.29. The lowest BCUT2D eigenvalue weighted by Crippen LogP contribution is -2.41. The number of hydrogen-bond donors (Lipinski definition) is 0. The molecule has 0 nitrogen and oxygen atoms in total. The van der Waals surface area contributed by atoms with Gasteiger partial charge in [0.1, 0.15) is 3.23 Å². The second-order valence-electron chi connectivity index (χ2n) is 3.28. The summed E-state index contributed by atoms with van der Waals surface area (Å²) < 4.78 is -0.320. The van der Waals surface area contributed by atoms with Gasteiger partial charge in [0.15, 0.2) is 0 Å².